The van der Waals surface area contributed by atoms with Crippen LogP contribution in [0.2, 0.25) is 0 Å². The van der Waals surface area contributed by atoms with Gasteiger partial charge >= 0.3 is 0 Å². The average molecular weight is 492 g/mol. The fourth-order valence-corrected chi connectivity index (χ4v) is 8.05. The van der Waals surface area contributed by atoms with Crippen molar-refractivity contribution in [2.75, 3.05) is 0 Å². The van der Waals surface area contributed by atoms with Gasteiger partial charge in [0.2, 0.25) is 0 Å². The first-order valence-electron chi connectivity index (χ1n) is 13.3. The van der Waals surface area contributed by atoms with Gasteiger partial charge in [0.05, 0.1) is 10.4 Å². The molecule has 0 unspecified atom stereocenters. The maximum absolute atomic E-state index is 5.02. The van der Waals surface area contributed by atoms with Gasteiger partial charge in [-0.2, -0.15) is 0 Å². The Morgan fingerprint density at radius 1 is 0.833 bits per heavy atom. The topological polar surface area (TPSA) is 12.9 Å². The smallest absolute Gasteiger partial charge is 0.0880 e. The summed E-state index contributed by atoms with van der Waals surface area (Å²) in [5, 5.41) is 5.41. The van der Waals surface area contributed by atoms with Gasteiger partial charge in [0, 0.05) is 27.2 Å². The van der Waals surface area contributed by atoms with Crippen LogP contribution in [0.1, 0.15) is 83.6 Å². The quantitative estimate of drug-likeness (QED) is 0.227. The number of hydrogen-bond acceptors (Lipinski definition) is 2. The lowest BCUT2D eigenvalue weighted by Crippen LogP contribution is -2.34. The molecule has 0 atom stereocenters. The van der Waals surface area contributed by atoms with E-state index in [0.29, 0.717) is 0 Å². The highest BCUT2D eigenvalue weighted by Crippen LogP contribution is 2.53. The lowest BCUT2D eigenvalue weighted by Gasteiger charge is -2.42. The van der Waals surface area contributed by atoms with E-state index in [2.05, 4.69) is 104 Å². The van der Waals surface area contributed by atoms with Gasteiger partial charge < -0.3 is 0 Å². The summed E-state index contributed by atoms with van der Waals surface area (Å²) in [6.07, 6.45) is 4.48. The van der Waals surface area contributed by atoms with Crippen LogP contribution in [-0.2, 0) is 16.2 Å². The van der Waals surface area contributed by atoms with Crippen LogP contribution in [-0.4, -0.2) is 4.98 Å². The van der Waals surface area contributed by atoms with Crippen molar-refractivity contribution in [3.05, 3.63) is 77.0 Å². The molecule has 0 saturated heterocycles. The minimum absolute atomic E-state index is 0.0505. The number of aryl methyl sites for hydroxylation is 1. The molecule has 0 spiro atoms. The van der Waals surface area contributed by atoms with Crippen LogP contribution in [0.3, 0.4) is 0 Å². The van der Waals surface area contributed by atoms with E-state index in [0.717, 1.165) is 5.69 Å². The Morgan fingerprint density at radius 2 is 1.56 bits per heavy atom. The van der Waals surface area contributed by atoms with Gasteiger partial charge in [-0.05, 0) is 87.2 Å². The normalized spacial score (nSPS) is 17.1. The zero-order valence-electron chi connectivity index (χ0n) is 23.0. The van der Waals surface area contributed by atoms with Crippen molar-refractivity contribution in [1.29, 1.82) is 0 Å². The summed E-state index contributed by atoms with van der Waals surface area (Å²) in [5.41, 5.74) is 8.67. The number of thiophene rings is 1. The second kappa shape index (κ2) is 7.65. The molecule has 0 aliphatic heterocycles. The third-order valence-electron chi connectivity index (χ3n) is 8.58. The van der Waals surface area contributed by atoms with Crippen LogP contribution in [0.25, 0.3) is 42.2 Å². The molecule has 6 rings (SSSR count). The van der Waals surface area contributed by atoms with Crippen LogP contribution in [0.5, 0.6) is 0 Å². The van der Waals surface area contributed by atoms with Crippen molar-refractivity contribution in [3.8, 4) is 11.3 Å². The number of benzene rings is 3. The summed E-state index contributed by atoms with van der Waals surface area (Å²) in [6.45, 7) is 19.0. The maximum Gasteiger partial charge on any atom is 0.0880 e. The second-order valence-electron chi connectivity index (χ2n) is 13.2. The zero-order chi connectivity index (χ0) is 25.6. The molecule has 5 aromatic rings. The van der Waals surface area contributed by atoms with Crippen molar-refractivity contribution < 1.29 is 0 Å². The molecule has 1 aliphatic rings. The third kappa shape index (κ3) is 3.44. The highest BCUT2D eigenvalue weighted by atomic mass is 32.1. The van der Waals surface area contributed by atoms with Gasteiger partial charge in [0.25, 0.3) is 0 Å². The monoisotopic (exact) mass is 491 g/mol. The largest absolute Gasteiger partial charge is 0.255 e. The van der Waals surface area contributed by atoms with E-state index in [4.69, 9.17) is 4.98 Å². The predicted octanol–water partition coefficient (Wildman–Crippen LogP) is 10.2. The van der Waals surface area contributed by atoms with Crippen molar-refractivity contribution in [2.45, 2.75) is 84.5 Å². The van der Waals surface area contributed by atoms with Crippen LogP contribution < -0.4 is 0 Å². The van der Waals surface area contributed by atoms with Crippen molar-refractivity contribution in [3.63, 3.8) is 0 Å². The summed E-state index contributed by atoms with van der Waals surface area (Å²) in [6, 6.07) is 18.3. The summed E-state index contributed by atoms with van der Waals surface area (Å²) in [4.78, 5) is 5.02. The molecule has 1 nitrogen and oxygen atoms in total. The zero-order valence-corrected chi connectivity index (χ0v) is 23.8. The Morgan fingerprint density at radius 3 is 2.31 bits per heavy atom. The average Bonchev–Trinajstić information content (AvgIpc) is 3.20. The maximum atomic E-state index is 5.02. The van der Waals surface area contributed by atoms with Gasteiger partial charge in [-0.15, -0.1) is 11.3 Å². The van der Waals surface area contributed by atoms with E-state index < -0.39 is 0 Å². The van der Waals surface area contributed by atoms with Gasteiger partial charge in [-0.25, -0.2) is 0 Å². The van der Waals surface area contributed by atoms with Crippen LogP contribution in [0, 0.1) is 6.92 Å². The van der Waals surface area contributed by atoms with Crippen molar-refractivity contribution >= 4 is 42.3 Å². The van der Waals surface area contributed by atoms with Crippen LogP contribution >= 0.6 is 11.3 Å². The molecule has 2 heteroatoms. The molecule has 3 aromatic carbocycles. The number of pyridine rings is 1. The van der Waals surface area contributed by atoms with Gasteiger partial charge in [-0.3, -0.25) is 4.98 Å². The lowest BCUT2D eigenvalue weighted by molar-refractivity contribution is 0.334. The molecule has 0 amide bonds. The lowest BCUT2D eigenvalue weighted by atomic mass is 9.62. The summed E-state index contributed by atoms with van der Waals surface area (Å²) >= 11 is 1.97. The van der Waals surface area contributed by atoms with E-state index in [1.807, 2.05) is 17.5 Å². The Hall–Kier alpha value is -2.71. The fraction of sp³-hybridized carbons (Fsp3) is 0.382. The molecule has 0 fully saturated rings. The van der Waals surface area contributed by atoms with Crippen LogP contribution in [0.15, 0.2) is 54.7 Å². The Balaban J connectivity index is 1.71. The fourth-order valence-electron chi connectivity index (χ4n) is 6.44. The Kier molecular flexibility index (Phi) is 5.03. The summed E-state index contributed by atoms with van der Waals surface area (Å²) in [5.74, 6) is 0. The minimum atomic E-state index is 0.0505. The first kappa shape index (κ1) is 23.7. The van der Waals surface area contributed by atoms with E-state index in [1.165, 1.54) is 60.5 Å². The molecule has 184 valence electrons. The molecule has 0 radical (unpaired) electrons. The number of rotatable bonds is 1. The molecule has 0 N–H and O–H groups in total. The van der Waals surface area contributed by atoms with E-state index >= 15 is 0 Å². The van der Waals surface area contributed by atoms with E-state index in [-0.39, 0.29) is 16.2 Å². The van der Waals surface area contributed by atoms with Crippen molar-refractivity contribution in [1.82, 2.24) is 4.98 Å². The number of nitrogens with zero attached hydrogens (tertiary/aromatic N) is 1. The number of fused-ring (bicyclic) bond motifs is 6. The second-order valence-corrected chi connectivity index (χ2v) is 14.2. The molecule has 1 aliphatic carbocycles. The van der Waals surface area contributed by atoms with Gasteiger partial charge in [0.1, 0.15) is 0 Å². The summed E-state index contributed by atoms with van der Waals surface area (Å²) in [7, 11) is 0. The van der Waals surface area contributed by atoms with E-state index in [1.54, 1.807) is 11.1 Å². The minimum Gasteiger partial charge on any atom is -0.255 e. The molecular weight excluding hydrogens is 454 g/mol. The molecule has 0 bridgehead atoms. The molecule has 2 heterocycles. The Bertz CT molecular complexity index is 1670. The van der Waals surface area contributed by atoms with E-state index in [9.17, 15) is 0 Å². The SMILES string of the molecule is Cc1cc2c(c3sc4c(-c5cc(C(C)(C)C)c6ccccc6c5)nccc4c13)C(C)(C)CCC2(C)C. The standard InChI is InChI=1S/C34H37NS/c1-20-17-26-28(34(7,8)15-14-33(26,5)6)31-27(20)24-13-16-35-29(30(24)36-31)22-18-21-11-9-10-12-23(21)25(19-22)32(2,3)4/h9-13,16-19H,14-15H2,1-8H3. The van der Waals surface area contributed by atoms with Crippen LogP contribution in [0.4, 0.5) is 0 Å². The van der Waals surface area contributed by atoms with Gasteiger partial charge in [-0.1, -0.05) is 78.8 Å². The third-order valence-corrected chi connectivity index (χ3v) is 9.81. The first-order valence-corrected chi connectivity index (χ1v) is 14.1. The van der Waals surface area contributed by atoms with Crippen molar-refractivity contribution in [2.24, 2.45) is 0 Å². The first-order chi connectivity index (χ1) is 16.9. The highest BCUT2D eigenvalue weighted by Gasteiger charge is 2.39. The Labute approximate surface area is 219 Å². The summed E-state index contributed by atoms with van der Waals surface area (Å²) < 4.78 is 2.79. The van der Waals surface area contributed by atoms with Gasteiger partial charge in [0.15, 0.2) is 0 Å². The highest BCUT2D eigenvalue weighted by molar-refractivity contribution is 7.26. The molecular formula is C34H37NS. The molecule has 36 heavy (non-hydrogen) atoms. The number of aromatic nitrogens is 1. The predicted molar refractivity (Wildman–Crippen MR) is 159 cm³/mol. The molecule has 0 saturated carbocycles. The molecule has 2 aromatic heterocycles. The number of hydrogen-bond donors (Lipinski definition) is 0.